The maximum absolute atomic E-state index is 12.4. The van der Waals surface area contributed by atoms with E-state index in [9.17, 15) is 9.59 Å². The third-order valence-corrected chi connectivity index (χ3v) is 5.34. The first-order valence-corrected chi connectivity index (χ1v) is 9.24. The Morgan fingerprint density at radius 1 is 1.48 bits per heavy atom. The van der Waals surface area contributed by atoms with Gasteiger partial charge in [0.15, 0.2) is 0 Å². The maximum Gasteiger partial charge on any atom is 0.341 e. The van der Waals surface area contributed by atoms with Gasteiger partial charge in [0, 0.05) is 11.0 Å². The summed E-state index contributed by atoms with van der Waals surface area (Å²) in [4.78, 5) is 25.8. The van der Waals surface area contributed by atoms with Crippen LogP contribution in [-0.4, -0.2) is 18.5 Å². The number of furan rings is 1. The highest BCUT2D eigenvalue weighted by molar-refractivity contribution is 7.17. The van der Waals surface area contributed by atoms with Gasteiger partial charge in [0.1, 0.15) is 10.8 Å². The molecule has 25 heavy (non-hydrogen) atoms. The van der Waals surface area contributed by atoms with Gasteiger partial charge in [0.2, 0.25) is 5.91 Å². The van der Waals surface area contributed by atoms with Crippen molar-refractivity contribution in [3.8, 4) is 0 Å². The summed E-state index contributed by atoms with van der Waals surface area (Å²) >= 11 is 1.48. The van der Waals surface area contributed by atoms with E-state index in [1.165, 1.54) is 22.3 Å². The van der Waals surface area contributed by atoms with Gasteiger partial charge in [-0.05, 0) is 55.9 Å². The van der Waals surface area contributed by atoms with Crippen LogP contribution in [0.5, 0.6) is 0 Å². The quantitative estimate of drug-likeness (QED) is 0.638. The largest absolute Gasteiger partial charge is 0.465 e. The lowest BCUT2D eigenvalue weighted by atomic mass is 9.88. The van der Waals surface area contributed by atoms with E-state index in [1.54, 1.807) is 31.4 Å². The Hall–Kier alpha value is -2.34. The molecule has 2 heterocycles. The van der Waals surface area contributed by atoms with Crippen LogP contribution in [-0.2, 0) is 22.4 Å². The van der Waals surface area contributed by atoms with Crippen LogP contribution in [0.2, 0.25) is 0 Å². The van der Waals surface area contributed by atoms with Gasteiger partial charge in [-0.2, -0.15) is 0 Å². The fourth-order valence-electron chi connectivity index (χ4n) is 2.96. The van der Waals surface area contributed by atoms with Gasteiger partial charge < -0.3 is 14.5 Å². The van der Waals surface area contributed by atoms with E-state index in [4.69, 9.17) is 9.15 Å². The molecule has 0 aromatic carbocycles. The molecule has 2 aromatic rings. The van der Waals surface area contributed by atoms with Gasteiger partial charge in [0.25, 0.3) is 0 Å². The van der Waals surface area contributed by atoms with Crippen molar-refractivity contribution < 1.29 is 18.7 Å². The molecule has 3 rings (SSSR count). The number of nitrogens with one attached hydrogen (secondary N) is 1. The molecule has 1 aliphatic carbocycles. The minimum atomic E-state index is -0.361. The number of carbonyl (C=O) groups is 2. The van der Waals surface area contributed by atoms with E-state index >= 15 is 0 Å². The number of rotatable bonds is 5. The molecule has 1 unspecified atom stereocenters. The average Bonchev–Trinajstić information content (AvgIpc) is 3.19. The van der Waals surface area contributed by atoms with Crippen LogP contribution in [0, 0.1) is 5.92 Å². The molecule has 1 aliphatic rings. The van der Waals surface area contributed by atoms with E-state index in [-0.39, 0.29) is 11.9 Å². The Morgan fingerprint density at radius 2 is 2.32 bits per heavy atom. The smallest absolute Gasteiger partial charge is 0.341 e. The molecule has 1 N–H and O–H groups in total. The molecule has 0 radical (unpaired) electrons. The number of thiophene rings is 1. The zero-order chi connectivity index (χ0) is 17.8. The predicted octanol–water partition coefficient (Wildman–Crippen LogP) is 4.29. The minimum Gasteiger partial charge on any atom is -0.465 e. The summed E-state index contributed by atoms with van der Waals surface area (Å²) in [6.07, 6.45) is 7.36. The Kier molecular flexibility index (Phi) is 5.38. The highest BCUT2D eigenvalue weighted by Crippen LogP contribution is 2.40. The number of anilines is 1. The van der Waals surface area contributed by atoms with Gasteiger partial charge in [-0.3, -0.25) is 4.79 Å². The van der Waals surface area contributed by atoms with Gasteiger partial charge in [-0.15, -0.1) is 11.3 Å². The highest BCUT2D eigenvalue weighted by Gasteiger charge is 2.28. The molecule has 2 aromatic heterocycles. The monoisotopic (exact) mass is 359 g/mol. The molecule has 0 bridgehead atoms. The second kappa shape index (κ2) is 7.70. The molecule has 0 aliphatic heterocycles. The molecule has 0 fully saturated rings. The van der Waals surface area contributed by atoms with Crippen LogP contribution in [0.15, 0.2) is 28.9 Å². The molecule has 1 amide bonds. The Labute approximate surface area is 150 Å². The lowest BCUT2D eigenvalue weighted by molar-refractivity contribution is -0.111. The van der Waals surface area contributed by atoms with Gasteiger partial charge in [-0.25, -0.2) is 4.79 Å². The molecule has 0 saturated carbocycles. The molecule has 132 valence electrons. The van der Waals surface area contributed by atoms with E-state index in [2.05, 4.69) is 12.2 Å². The van der Waals surface area contributed by atoms with Crippen molar-refractivity contribution >= 4 is 34.3 Å². The van der Waals surface area contributed by atoms with Crippen molar-refractivity contribution in [3.63, 3.8) is 0 Å². The molecule has 6 heteroatoms. The topological polar surface area (TPSA) is 68.5 Å². The van der Waals surface area contributed by atoms with Crippen LogP contribution in [0.25, 0.3) is 6.08 Å². The Bertz CT molecular complexity index is 789. The predicted molar refractivity (Wildman–Crippen MR) is 97.8 cm³/mol. The van der Waals surface area contributed by atoms with E-state index in [0.717, 1.165) is 24.8 Å². The molecular weight excluding hydrogens is 338 g/mol. The number of ether oxygens (including phenoxy) is 1. The highest BCUT2D eigenvalue weighted by atomic mass is 32.1. The van der Waals surface area contributed by atoms with Crippen LogP contribution >= 0.6 is 11.3 Å². The van der Waals surface area contributed by atoms with E-state index in [0.29, 0.717) is 28.8 Å². The SMILES string of the molecule is CCOC(=O)c1c(NC(=O)C=Cc2ccco2)sc2c1CCC(C)C2. The van der Waals surface area contributed by atoms with Crippen LogP contribution in [0.1, 0.15) is 46.8 Å². The zero-order valence-electron chi connectivity index (χ0n) is 14.3. The van der Waals surface area contributed by atoms with Crippen LogP contribution in [0.3, 0.4) is 0 Å². The van der Waals surface area contributed by atoms with E-state index < -0.39 is 0 Å². The first-order chi connectivity index (χ1) is 12.1. The summed E-state index contributed by atoms with van der Waals surface area (Å²) in [6, 6.07) is 3.52. The van der Waals surface area contributed by atoms with Crippen LogP contribution in [0.4, 0.5) is 5.00 Å². The third-order valence-electron chi connectivity index (χ3n) is 4.17. The summed E-state index contributed by atoms with van der Waals surface area (Å²) in [5, 5.41) is 3.41. The average molecular weight is 359 g/mol. The lowest BCUT2D eigenvalue weighted by Crippen LogP contribution is -2.15. The van der Waals surface area contributed by atoms with Gasteiger partial charge in [-0.1, -0.05) is 6.92 Å². The standard InChI is InChI=1S/C19H21NO4S/c1-3-23-19(22)17-14-8-6-12(2)11-15(14)25-18(17)20-16(21)9-7-13-5-4-10-24-13/h4-5,7,9-10,12H,3,6,8,11H2,1-2H3,(H,20,21). The summed E-state index contributed by atoms with van der Waals surface area (Å²) in [5.74, 6) is 0.525. The lowest BCUT2D eigenvalue weighted by Gasteiger charge is -2.18. The maximum atomic E-state index is 12.4. The Morgan fingerprint density at radius 3 is 3.04 bits per heavy atom. The second-order valence-electron chi connectivity index (χ2n) is 6.11. The fourth-order valence-corrected chi connectivity index (χ4v) is 4.36. The first kappa shape index (κ1) is 17.5. The van der Waals surface area contributed by atoms with Gasteiger partial charge >= 0.3 is 5.97 Å². The molecule has 0 spiro atoms. The number of carbonyl (C=O) groups excluding carboxylic acids is 2. The van der Waals surface area contributed by atoms with Crippen LogP contribution < -0.4 is 5.32 Å². The second-order valence-corrected chi connectivity index (χ2v) is 7.22. The van der Waals surface area contributed by atoms with Crippen molar-refractivity contribution in [3.05, 3.63) is 46.2 Å². The summed E-state index contributed by atoms with van der Waals surface area (Å²) in [7, 11) is 0. The number of amides is 1. The molecular formula is C19H21NO4S. The number of esters is 1. The van der Waals surface area contributed by atoms with Gasteiger partial charge in [0.05, 0.1) is 18.4 Å². The fraction of sp³-hybridized carbons (Fsp3) is 0.368. The van der Waals surface area contributed by atoms with Crippen molar-refractivity contribution in [2.45, 2.75) is 33.1 Å². The number of fused-ring (bicyclic) bond motifs is 1. The Balaban J connectivity index is 1.84. The molecule has 0 saturated heterocycles. The third kappa shape index (κ3) is 4.02. The number of hydrogen-bond donors (Lipinski definition) is 1. The molecule has 5 nitrogen and oxygen atoms in total. The minimum absolute atomic E-state index is 0.298. The zero-order valence-corrected chi connectivity index (χ0v) is 15.2. The van der Waals surface area contributed by atoms with E-state index in [1.807, 2.05) is 0 Å². The summed E-state index contributed by atoms with van der Waals surface area (Å²) in [6.45, 7) is 4.30. The normalized spacial score (nSPS) is 16.6. The first-order valence-electron chi connectivity index (χ1n) is 8.42. The van der Waals surface area contributed by atoms with Crippen molar-refractivity contribution in [2.75, 3.05) is 11.9 Å². The van der Waals surface area contributed by atoms with Crippen molar-refractivity contribution in [2.24, 2.45) is 5.92 Å². The molecule has 1 atom stereocenters. The summed E-state index contributed by atoms with van der Waals surface area (Å²) in [5.41, 5.74) is 1.56. The van der Waals surface area contributed by atoms with Crippen molar-refractivity contribution in [1.82, 2.24) is 0 Å². The summed E-state index contributed by atoms with van der Waals surface area (Å²) < 4.78 is 10.4. The van der Waals surface area contributed by atoms with Crippen molar-refractivity contribution in [1.29, 1.82) is 0 Å². The number of hydrogen-bond acceptors (Lipinski definition) is 5.